The number of carbonyl (C=O) groups is 1. The lowest BCUT2D eigenvalue weighted by Crippen LogP contribution is -2.45. The topological polar surface area (TPSA) is 79.5 Å². The van der Waals surface area contributed by atoms with Gasteiger partial charge >= 0.3 is 5.69 Å². The van der Waals surface area contributed by atoms with E-state index in [0.717, 1.165) is 15.7 Å². The van der Waals surface area contributed by atoms with Gasteiger partial charge < -0.3 is 9.47 Å². The lowest BCUT2D eigenvalue weighted by atomic mass is 10.1. The highest BCUT2D eigenvalue weighted by atomic mass is 19.3. The SMILES string of the molecule is Cc1cn(C[C@@H]2C(F)(F)C2(COCc2ccccc2)COCc2ccccc2)c(=O)n(C(=O)c2ccccc2)c1=O. The van der Waals surface area contributed by atoms with Gasteiger partial charge in [0.15, 0.2) is 0 Å². The van der Waals surface area contributed by atoms with Crippen molar-refractivity contribution in [2.75, 3.05) is 13.2 Å². The molecule has 0 amide bonds. The van der Waals surface area contributed by atoms with Crippen LogP contribution in [0.25, 0.3) is 0 Å². The second kappa shape index (κ2) is 11.7. The van der Waals surface area contributed by atoms with Gasteiger partial charge in [-0.2, -0.15) is 4.57 Å². The van der Waals surface area contributed by atoms with Crippen LogP contribution < -0.4 is 11.2 Å². The van der Waals surface area contributed by atoms with Crippen molar-refractivity contribution in [2.45, 2.75) is 32.6 Å². The third-order valence-electron chi connectivity index (χ3n) is 7.56. The standard InChI is InChI=1S/C32H30F2N2O5/c1-23-17-35(30(39)36(28(23)37)29(38)26-15-9-4-10-16-26)18-27-31(32(27,33)34,21-40-19-24-11-5-2-6-12-24)22-41-20-25-13-7-3-8-14-25/h2-17,27H,18-22H2,1H3/t27-/m0/s1. The zero-order valence-corrected chi connectivity index (χ0v) is 22.5. The molecule has 212 valence electrons. The second-order valence-electron chi connectivity index (χ2n) is 10.3. The molecule has 7 nitrogen and oxygen atoms in total. The number of carbonyl (C=O) groups excluding carboxylic acids is 1. The Kier molecular flexibility index (Phi) is 8.10. The molecular formula is C32H30F2N2O5. The molecule has 0 saturated heterocycles. The quantitative estimate of drug-likeness (QED) is 0.266. The molecule has 0 aliphatic heterocycles. The number of hydrogen-bond acceptors (Lipinski definition) is 5. The minimum absolute atomic E-state index is 0.0871. The minimum Gasteiger partial charge on any atom is -0.376 e. The van der Waals surface area contributed by atoms with E-state index in [2.05, 4.69) is 0 Å². The van der Waals surface area contributed by atoms with Crippen molar-refractivity contribution in [3.63, 3.8) is 0 Å². The van der Waals surface area contributed by atoms with Crippen LogP contribution in [-0.2, 0) is 29.2 Å². The highest BCUT2D eigenvalue weighted by Crippen LogP contribution is 2.66. The predicted octanol–water partition coefficient (Wildman–Crippen LogP) is 4.69. The molecular weight excluding hydrogens is 530 g/mol. The van der Waals surface area contributed by atoms with Gasteiger partial charge in [-0.3, -0.25) is 14.2 Å². The molecule has 1 heterocycles. The average Bonchev–Trinajstić information content (AvgIpc) is 3.44. The smallest absolute Gasteiger partial charge is 0.338 e. The number of aromatic nitrogens is 2. The van der Waals surface area contributed by atoms with E-state index >= 15 is 8.78 Å². The summed E-state index contributed by atoms with van der Waals surface area (Å²) < 4.78 is 44.5. The van der Waals surface area contributed by atoms with Crippen LogP contribution in [0.5, 0.6) is 0 Å². The summed E-state index contributed by atoms with van der Waals surface area (Å²) >= 11 is 0. The van der Waals surface area contributed by atoms with Gasteiger partial charge in [0, 0.05) is 23.9 Å². The second-order valence-corrected chi connectivity index (χ2v) is 10.3. The largest absolute Gasteiger partial charge is 0.376 e. The molecule has 1 aromatic heterocycles. The van der Waals surface area contributed by atoms with Crippen LogP contribution in [0.15, 0.2) is 107 Å². The first-order valence-corrected chi connectivity index (χ1v) is 13.3. The fourth-order valence-electron chi connectivity index (χ4n) is 5.12. The van der Waals surface area contributed by atoms with Crippen LogP contribution in [0.4, 0.5) is 8.78 Å². The molecule has 0 N–H and O–H groups in total. The Morgan fingerprint density at radius 3 is 1.80 bits per heavy atom. The Labute approximate surface area is 235 Å². The Morgan fingerprint density at radius 2 is 1.29 bits per heavy atom. The molecule has 0 bridgehead atoms. The number of nitrogens with zero attached hydrogens (tertiary/aromatic N) is 2. The Morgan fingerprint density at radius 1 is 0.805 bits per heavy atom. The van der Waals surface area contributed by atoms with E-state index in [1.165, 1.54) is 25.3 Å². The lowest BCUT2D eigenvalue weighted by Gasteiger charge is -2.18. The molecule has 4 aromatic rings. The van der Waals surface area contributed by atoms with Gasteiger partial charge in [-0.1, -0.05) is 78.9 Å². The Balaban J connectivity index is 1.41. The van der Waals surface area contributed by atoms with Crippen LogP contribution in [0.3, 0.4) is 0 Å². The number of halogens is 2. The van der Waals surface area contributed by atoms with Crippen molar-refractivity contribution < 1.29 is 23.0 Å². The fraction of sp³-hybridized carbons (Fsp3) is 0.281. The summed E-state index contributed by atoms with van der Waals surface area (Å²) in [5, 5.41) is 0. The minimum atomic E-state index is -3.22. The number of hydrogen-bond donors (Lipinski definition) is 0. The maximum absolute atomic E-state index is 15.7. The maximum atomic E-state index is 15.7. The van der Waals surface area contributed by atoms with Gasteiger partial charge in [-0.05, 0) is 30.2 Å². The van der Waals surface area contributed by atoms with E-state index in [-0.39, 0.29) is 37.6 Å². The summed E-state index contributed by atoms with van der Waals surface area (Å²) in [4.78, 5) is 39.2. The Hall–Kier alpha value is -4.21. The first-order chi connectivity index (χ1) is 19.7. The van der Waals surface area contributed by atoms with Crippen LogP contribution in [0.2, 0.25) is 0 Å². The zero-order chi connectivity index (χ0) is 29.0. The summed E-state index contributed by atoms with van der Waals surface area (Å²) in [6, 6.07) is 26.3. The van der Waals surface area contributed by atoms with E-state index in [9.17, 15) is 14.4 Å². The van der Waals surface area contributed by atoms with Gasteiger partial charge in [0.25, 0.3) is 17.4 Å². The normalized spacial score (nSPS) is 16.8. The molecule has 1 saturated carbocycles. The van der Waals surface area contributed by atoms with Gasteiger partial charge in [-0.25, -0.2) is 13.6 Å². The van der Waals surface area contributed by atoms with E-state index in [1.54, 1.807) is 18.2 Å². The third kappa shape index (κ3) is 5.68. The lowest BCUT2D eigenvalue weighted by molar-refractivity contribution is -0.0431. The monoisotopic (exact) mass is 560 g/mol. The van der Waals surface area contributed by atoms with Crippen molar-refractivity contribution in [2.24, 2.45) is 11.3 Å². The highest BCUT2D eigenvalue weighted by molar-refractivity contribution is 5.95. The van der Waals surface area contributed by atoms with Gasteiger partial charge in [-0.15, -0.1) is 0 Å². The summed E-state index contributed by atoms with van der Waals surface area (Å²) in [6.07, 6.45) is 1.23. The molecule has 1 atom stereocenters. The molecule has 1 aliphatic carbocycles. The summed E-state index contributed by atoms with van der Waals surface area (Å²) in [5.41, 5.74) is -1.55. The van der Waals surface area contributed by atoms with Gasteiger partial charge in [0.2, 0.25) is 0 Å². The average molecular weight is 561 g/mol. The van der Waals surface area contributed by atoms with Gasteiger partial charge in [0.05, 0.1) is 37.8 Å². The summed E-state index contributed by atoms with van der Waals surface area (Å²) in [7, 11) is 0. The number of rotatable bonds is 11. The van der Waals surface area contributed by atoms with Gasteiger partial charge in [0.1, 0.15) is 0 Å². The molecule has 41 heavy (non-hydrogen) atoms. The summed E-state index contributed by atoms with van der Waals surface area (Å²) in [5.74, 6) is -5.36. The van der Waals surface area contributed by atoms with Crippen molar-refractivity contribution in [1.29, 1.82) is 0 Å². The first kappa shape index (κ1) is 28.3. The first-order valence-electron chi connectivity index (χ1n) is 13.3. The predicted molar refractivity (Wildman–Crippen MR) is 149 cm³/mol. The fourth-order valence-corrected chi connectivity index (χ4v) is 5.12. The van der Waals surface area contributed by atoms with Crippen LogP contribution in [-0.4, -0.2) is 34.2 Å². The molecule has 9 heteroatoms. The van der Waals surface area contributed by atoms with Crippen molar-refractivity contribution >= 4 is 5.91 Å². The molecule has 1 aliphatic rings. The summed E-state index contributed by atoms with van der Waals surface area (Å²) in [6.45, 7) is 0.699. The molecule has 0 radical (unpaired) electrons. The number of benzene rings is 3. The Bertz CT molecular complexity index is 1570. The van der Waals surface area contributed by atoms with E-state index in [0.29, 0.717) is 4.57 Å². The molecule has 1 fully saturated rings. The molecule has 5 rings (SSSR count). The van der Waals surface area contributed by atoms with E-state index in [4.69, 9.17) is 9.47 Å². The number of aryl methyl sites for hydroxylation is 1. The van der Waals surface area contributed by atoms with Crippen molar-refractivity contribution in [3.05, 3.63) is 140 Å². The highest BCUT2D eigenvalue weighted by Gasteiger charge is 2.80. The number of alkyl halides is 2. The van der Waals surface area contributed by atoms with Crippen LogP contribution >= 0.6 is 0 Å². The molecule has 0 unspecified atom stereocenters. The van der Waals surface area contributed by atoms with E-state index < -0.39 is 41.0 Å². The van der Waals surface area contributed by atoms with E-state index in [1.807, 2.05) is 60.7 Å². The van der Waals surface area contributed by atoms with Crippen molar-refractivity contribution in [1.82, 2.24) is 9.13 Å². The van der Waals surface area contributed by atoms with Crippen LogP contribution in [0.1, 0.15) is 27.0 Å². The number of ether oxygens (including phenoxy) is 2. The molecule has 3 aromatic carbocycles. The zero-order valence-electron chi connectivity index (χ0n) is 22.5. The van der Waals surface area contributed by atoms with Crippen LogP contribution in [0, 0.1) is 18.3 Å². The van der Waals surface area contributed by atoms with Crippen molar-refractivity contribution in [3.8, 4) is 0 Å². The third-order valence-corrected chi connectivity index (χ3v) is 7.56. The molecule has 0 spiro atoms. The maximum Gasteiger partial charge on any atom is 0.338 e.